The number of hydrogen-bond donors (Lipinski definition) is 2. The van der Waals surface area contributed by atoms with Crippen LogP contribution in [0.5, 0.6) is 0 Å². The molecule has 3 rings (SSSR count). The van der Waals surface area contributed by atoms with Gasteiger partial charge in [-0.2, -0.15) is 10.5 Å². The highest BCUT2D eigenvalue weighted by atomic mass is 15.0. The normalized spacial score (nSPS) is 21.5. The van der Waals surface area contributed by atoms with E-state index in [1.807, 2.05) is 52.0 Å². The zero-order valence-electron chi connectivity index (χ0n) is 17.7. The van der Waals surface area contributed by atoms with Crippen LogP contribution in [0, 0.1) is 22.7 Å². The number of allylic oxidation sites excluding steroid dienone is 6. The van der Waals surface area contributed by atoms with Crippen molar-refractivity contribution in [3.8, 4) is 12.1 Å². The summed E-state index contributed by atoms with van der Waals surface area (Å²) in [5, 5.41) is 25.9. The third-order valence-corrected chi connectivity index (χ3v) is 5.64. The van der Waals surface area contributed by atoms with Crippen LogP contribution in [0.1, 0.15) is 50.7 Å². The topological polar surface area (TPSA) is 96.4 Å². The summed E-state index contributed by atoms with van der Waals surface area (Å²) in [5.41, 5.74) is 8.01. The van der Waals surface area contributed by atoms with E-state index in [9.17, 15) is 10.5 Å². The van der Waals surface area contributed by atoms with Gasteiger partial charge in [0.2, 0.25) is 0 Å². The molecule has 2 atom stereocenters. The van der Waals surface area contributed by atoms with Crippen molar-refractivity contribution in [1.82, 2.24) is 10.6 Å². The molecule has 6 nitrogen and oxygen atoms in total. The molecular weight excluding hydrogens is 372 g/mol. The van der Waals surface area contributed by atoms with E-state index >= 15 is 0 Å². The van der Waals surface area contributed by atoms with E-state index in [1.165, 1.54) is 0 Å². The minimum absolute atomic E-state index is 0.280. The van der Waals surface area contributed by atoms with Gasteiger partial charge in [0, 0.05) is 22.8 Å². The van der Waals surface area contributed by atoms with Crippen LogP contribution in [0.4, 0.5) is 0 Å². The molecular formula is C24H24N6. The minimum atomic E-state index is -0.280. The summed E-state index contributed by atoms with van der Waals surface area (Å²) in [7, 11) is 0. The molecule has 2 unspecified atom stereocenters. The van der Waals surface area contributed by atoms with Crippen molar-refractivity contribution in [3.63, 3.8) is 0 Å². The second kappa shape index (κ2) is 8.23. The quantitative estimate of drug-likeness (QED) is 0.731. The van der Waals surface area contributed by atoms with Crippen LogP contribution < -0.4 is 10.6 Å². The lowest BCUT2D eigenvalue weighted by atomic mass is 9.81. The van der Waals surface area contributed by atoms with E-state index in [0.29, 0.717) is 11.1 Å². The summed E-state index contributed by atoms with van der Waals surface area (Å²) in [6, 6.07) is 12.6. The van der Waals surface area contributed by atoms with Crippen LogP contribution in [-0.2, 0) is 0 Å². The smallest absolute Gasteiger partial charge is 0.0976 e. The van der Waals surface area contributed by atoms with Crippen LogP contribution in [-0.4, -0.2) is 13.4 Å². The Bertz CT molecular complexity index is 1040. The number of dihydropyridines is 2. The van der Waals surface area contributed by atoms with Gasteiger partial charge < -0.3 is 10.6 Å². The molecule has 0 spiro atoms. The van der Waals surface area contributed by atoms with Crippen molar-refractivity contribution in [2.75, 3.05) is 0 Å². The summed E-state index contributed by atoms with van der Waals surface area (Å²) < 4.78 is 0. The number of rotatable bonds is 4. The molecule has 0 aromatic heterocycles. The molecule has 1 aromatic carbocycles. The Morgan fingerprint density at radius 1 is 0.700 bits per heavy atom. The maximum atomic E-state index is 9.74. The van der Waals surface area contributed by atoms with Gasteiger partial charge in [0.05, 0.1) is 46.5 Å². The van der Waals surface area contributed by atoms with Gasteiger partial charge in [0.1, 0.15) is 0 Å². The molecule has 2 N–H and O–H groups in total. The molecule has 0 bridgehead atoms. The zero-order chi connectivity index (χ0) is 22.0. The number of benzene rings is 1. The van der Waals surface area contributed by atoms with Gasteiger partial charge in [0.25, 0.3) is 0 Å². The molecule has 2 aliphatic rings. The van der Waals surface area contributed by atoms with Crippen LogP contribution in [0.2, 0.25) is 0 Å². The Morgan fingerprint density at radius 3 is 1.30 bits per heavy atom. The van der Waals surface area contributed by atoms with Crippen molar-refractivity contribution in [3.05, 3.63) is 80.7 Å². The van der Waals surface area contributed by atoms with Crippen molar-refractivity contribution >= 4 is 13.4 Å². The third-order valence-electron chi connectivity index (χ3n) is 5.64. The van der Waals surface area contributed by atoms with Crippen LogP contribution >= 0.6 is 0 Å². The molecule has 1 aromatic rings. The van der Waals surface area contributed by atoms with E-state index in [4.69, 9.17) is 0 Å². The number of nitriles is 2. The lowest BCUT2D eigenvalue weighted by Gasteiger charge is -2.29. The minimum Gasteiger partial charge on any atom is -0.360 e. The Balaban J connectivity index is 2.10. The van der Waals surface area contributed by atoms with E-state index in [1.54, 1.807) is 0 Å². The fourth-order valence-electron chi connectivity index (χ4n) is 4.21. The number of hydrogen-bond acceptors (Lipinski definition) is 6. The predicted octanol–water partition coefficient (Wildman–Crippen LogP) is 4.52. The summed E-state index contributed by atoms with van der Waals surface area (Å²) in [6.45, 7) is 15.0. The van der Waals surface area contributed by atoms with Crippen molar-refractivity contribution in [2.24, 2.45) is 9.98 Å². The maximum Gasteiger partial charge on any atom is 0.0976 e. The highest BCUT2D eigenvalue weighted by Gasteiger charge is 2.31. The molecule has 30 heavy (non-hydrogen) atoms. The maximum absolute atomic E-state index is 9.74. The Morgan fingerprint density at radius 2 is 1.03 bits per heavy atom. The molecule has 150 valence electrons. The number of aliphatic imine (C=N–C) groups is 2. The lowest BCUT2D eigenvalue weighted by Crippen LogP contribution is -2.24. The summed E-state index contributed by atoms with van der Waals surface area (Å²) in [5.74, 6) is -0.560. The third kappa shape index (κ3) is 3.33. The van der Waals surface area contributed by atoms with Crippen LogP contribution in [0.25, 0.3) is 0 Å². The molecule has 6 heteroatoms. The van der Waals surface area contributed by atoms with Gasteiger partial charge in [-0.1, -0.05) is 24.3 Å². The van der Waals surface area contributed by atoms with E-state index in [0.717, 1.165) is 45.3 Å². The second-order valence-electron chi connectivity index (χ2n) is 7.42. The van der Waals surface area contributed by atoms with E-state index in [2.05, 4.69) is 46.2 Å². The first-order valence-corrected chi connectivity index (χ1v) is 9.58. The summed E-state index contributed by atoms with van der Waals surface area (Å²) in [4.78, 5) is 8.39. The van der Waals surface area contributed by atoms with E-state index < -0.39 is 0 Å². The average Bonchev–Trinajstić information content (AvgIpc) is 2.73. The average molecular weight is 396 g/mol. The molecule has 0 amide bonds. The fourth-order valence-corrected chi connectivity index (χ4v) is 4.21. The molecule has 0 radical (unpaired) electrons. The first-order valence-electron chi connectivity index (χ1n) is 9.58. The molecule has 2 aliphatic heterocycles. The standard InChI is InChI=1S/C24H24N6/c1-13-19(11-25)21(23(27-5)15(3)29-13)17-7-9-18(10-8-17)22-20(12-26)14(2)30-16(4)24(22)28-6/h7-10,21-22,29-30H,5-6H2,1-4H3. The second-order valence-corrected chi connectivity index (χ2v) is 7.42. The Labute approximate surface area is 177 Å². The van der Waals surface area contributed by atoms with Crippen molar-refractivity contribution in [1.29, 1.82) is 10.5 Å². The van der Waals surface area contributed by atoms with Gasteiger partial charge in [0.15, 0.2) is 0 Å². The highest BCUT2D eigenvalue weighted by molar-refractivity contribution is 5.55. The zero-order valence-corrected chi connectivity index (χ0v) is 17.7. The molecule has 0 aliphatic carbocycles. The monoisotopic (exact) mass is 396 g/mol. The van der Waals surface area contributed by atoms with Crippen LogP contribution in [0.3, 0.4) is 0 Å². The summed E-state index contributed by atoms with van der Waals surface area (Å²) >= 11 is 0. The predicted molar refractivity (Wildman–Crippen MR) is 119 cm³/mol. The first kappa shape index (κ1) is 20.8. The van der Waals surface area contributed by atoms with Gasteiger partial charge in [-0.3, -0.25) is 9.98 Å². The molecule has 0 saturated carbocycles. The molecule has 0 saturated heterocycles. The largest absolute Gasteiger partial charge is 0.360 e. The lowest BCUT2D eigenvalue weighted by molar-refractivity contribution is 0.776. The first-order chi connectivity index (χ1) is 14.4. The van der Waals surface area contributed by atoms with Gasteiger partial charge >= 0.3 is 0 Å². The highest BCUT2D eigenvalue weighted by Crippen LogP contribution is 2.41. The van der Waals surface area contributed by atoms with Crippen LogP contribution in [0.15, 0.2) is 79.6 Å². The molecule has 0 fully saturated rings. The Hall–Kier alpha value is -3.90. The Kier molecular flexibility index (Phi) is 5.71. The molecule has 2 heterocycles. The van der Waals surface area contributed by atoms with Gasteiger partial charge in [-0.15, -0.1) is 0 Å². The number of nitrogens with one attached hydrogen (secondary N) is 2. The van der Waals surface area contributed by atoms with E-state index in [-0.39, 0.29) is 11.8 Å². The van der Waals surface area contributed by atoms with Gasteiger partial charge in [-0.05, 0) is 52.3 Å². The van der Waals surface area contributed by atoms with Gasteiger partial charge in [-0.25, -0.2) is 0 Å². The SMILES string of the molecule is C=NC1=C(C)NC(C)=C(C#N)C1c1ccc(C2C(C#N)=C(C)NC(C)=C2N=C)cc1. The fraction of sp³-hybridized carbons (Fsp3) is 0.250. The summed E-state index contributed by atoms with van der Waals surface area (Å²) in [6.07, 6.45) is 0. The van der Waals surface area contributed by atoms with Crippen molar-refractivity contribution in [2.45, 2.75) is 39.5 Å². The van der Waals surface area contributed by atoms with Crippen molar-refractivity contribution < 1.29 is 0 Å². The number of nitrogens with zero attached hydrogens (tertiary/aromatic N) is 4.